The molecular formula is C15H18N2O3. The van der Waals surface area contributed by atoms with E-state index < -0.39 is 17.5 Å². The number of nitrogens with one attached hydrogen (secondary N) is 2. The molecule has 0 saturated heterocycles. The predicted molar refractivity (Wildman–Crippen MR) is 74.4 cm³/mol. The summed E-state index contributed by atoms with van der Waals surface area (Å²) in [5.74, 6) is -0.742. The molecule has 0 spiro atoms. The summed E-state index contributed by atoms with van der Waals surface area (Å²) in [6.45, 7) is 0. The Kier molecular flexibility index (Phi) is 3.12. The summed E-state index contributed by atoms with van der Waals surface area (Å²) in [6, 6.07) is 8.62. The minimum atomic E-state index is -1.07. The minimum absolute atomic E-state index is 0.0778. The lowest BCUT2D eigenvalue weighted by Gasteiger charge is -2.31. The van der Waals surface area contributed by atoms with Crippen LogP contribution in [0.4, 0.5) is 10.5 Å². The number of carbonyl (C=O) groups excluding carboxylic acids is 1. The highest BCUT2D eigenvalue weighted by Crippen LogP contribution is 2.52. The van der Waals surface area contributed by atoms with Crippen LogP contribution in [0.1, 0.15) is 25.7 Å². The summed E-state index contributed by atoms with van der Waals surface area (Å²) in [7, 11) is 0. The highest BCUT2D eigenvalue weighted by atomic mass is 16.4. The van der Waals surface area contributed by atoms with Crippen molar-refractivity contribution in [2.75, 3.05) is 5.32 Å². The van der Waals surface area contributed by atoms with E-state index in [1.165, 1.54) is 0 Å². The van der Waals surface area contributed by atoms with Gasteiger partial charge in [0.25, 0.3) is 0 Å². The number of rotatable bonds is 5. The molecule has 1 aromatic rings. The number of anilines is 1. The van der Waals surface area contributed by atoms with Crippen LogP contribution in [0.25, 0.3) is 0 Å². The molecule has 3 rings (SSSR count). The molecule has 0 unspecified atom stereocenters. The van der Waals surface area contributed by atoms with Crippen LogP contribution in [0.5, 0.6) is 0 Å². The lowest BCUT2D eigenvalue weighted by Crippen LogP contribution is -2.59. The Hall–Kier alpha value is -2.04. The van der Waals surface area contributed by atoms with Gasteiger partial charge in [0.1, 0.15) is 5.54 Å². The summed E-state index contributed by atoms with van der Waals surface area (Å²) in [4.78, 5) is 23.8. The van der Waals surface area contributed by atoms with Crippen LogP contribution in [0.15, 0.2) is 30.3 Å². The summed E-state index contributed by atoms with van der Waals surface area (Å²) >= 11 is 0. The second kappa shape index (κ2) is 4.81. The second-order valence-corrected chi connectivity index (χ2v) is 5.67. The van der Waals surface area contributed by atoms with Gasteiger partial charge in [-0.25, -0.2) is 9.59 Å². The molecule has 0 radical (unpaired) electrons. The fourth-order valence-corrected chi connectivity index (χ4v) is 2.89. The Morgan fingerprint density at radius 3 is 2.05 bits per heavy atom. The quantitative estimate of drug-likeness (QED) is 0.771. The molecule has 5 nitrogen and oxygen atoms in total. The van der Waals surface area contributed by atoms with Crippen LogP contribution >= 0.6 is 0 Å². The number of urea groups is 1. The van der Waals surface area contributed by atoms with Crippen LogP contribution in [0.2, 0.25) is 0 Å². The zero-order valence-corrected chi connectivity index (χ0v) is 11.1. The molecule has 3 N–H and O–H groups in total. The van der Waals surface area contributed by atoms with Crippen molar-refractivity contribution in [3.63, 3.8) is 0 Å². The maximum Gasteiger partial charge on any atom is 0.330 e. The Morgan fingerprint density at radius 2 is 1.60 bits per heavy atom. The highest BCUT2D eigenvalue weighted by molar-refractivity contribution is 5.94. The third kappa shape index (κ3) is 2.35. The number of aliphatic carboxylic acids is 1. The summed E-state index contributed by atoms with van der Waals surface area (Å²) < 4.78 is 0. The molecule has 2 fully saturated rings. The van der Waals surface area contributed by atoms with Crippen LogP contribution in [-0.4, -0.2) is 22.6 Å². The molecule has 2 aliphatic rings. The average Bonchev–Trinajstić information content (AvgIpc) is 3.29. The van der Waals surface area contributed by atoms with Crippen molar-refractivity contribution in [3.05, 3.63) is 30.3 Å². The largest absolute Gasteiger partial charge is 0.479 e. The summed E-state index contributed by atoms with van der Waals surface area (Å²) in [5.41, 5.74) is -0.408. The number of benzene rings is 1. The topological polar surface area (TPSA) is 78.4 Å². The Labute approximate surface area is 117 Å². The zero-order valence-electron chi connectivity index (χ0n) is 11.1. The van der Waals surface area contributed by atoms with Gasteiger partial charge in [-0.3, -0.25) is 0 Å². The highest BCUT2D eigenvalue weighted by Gasteiger charge is 2.60. The second-order valence-electron chi connectivity index (χ2n) is 5.67. The van der Waals surface area contributed by atoms with Crippen molar-refractivity contribution in [1.82, 2.24) is 5.32 Å². The average molecular weight is 274 g/mol. The fraction of sp³-hybridized carbons (Fsp3) is 0.467. The molecule has 2 saturated carbocycles. The summed E-state index contributed by atoms with van der Waals surface area (Å²) in [6.07, 6.45) is 3.53. The van der Waals surface area contributed by atoms with Gasteiger partial charge in [-0.1, -0.05) is 18.2 Å². The molecule has 2 aliphatic carbocycles. The van der Waals surface area contributed by atoms with Crippen molar-refractivity contribution < 1.29 is 14.7 Å². The van der Waals surface area contributed by atoms with E-state index in [-0.39, 0.29) is 11.8 Å². The lowest BCUT2D eigenvalue weighted by molar-refractivity contribution is -0.146. The standard InChI is InChI=1S/C15H18N2O3/c18-13(19)15(10-6-7-10,11-8-9-11)17-14(20)16-12-4-2-1-3-5-12/h1-5,10-11H,6-9H2,(H,18,19)(H2,16,17,20). The molecule has 106 valence electrons. The van der Waals surface area contributed by atoms with E-state index in [0.29, 0.717) is 5.69 Å². The van der Waals surface area contributed by atoms with Crippen molar-refractivity contribution in [1.29, 1.82) is 0 Å². The molecule has 0 aromatic heterocycles. The zero-order chi connectivity index (χ0) is 14.2. The Balaban J connectivity index is 1.73. The first-order valence-electron chi connectivity index (χ1n) is 7.00. The van der Waals surface area contributed by atoms with Gasteiger partial charge < -0.3 is 15.7 Å². The first-order valence-corrected chi connectivity index (χ1v) is 7.00. The van der Waals surface area contributed by atoms with E-state index in [2.05, 4.69) is 10.6 Å². The van der Waals surface area contributed by atoms with Gasteiger partial charge >= 0.3 is 12.0 Å². The third-order valence-electron chi connectivity index (χ3n) is 4.15. The normalized spacial score (nSPS) is 18.4. The molecule has 5 heteroatoms. The molecule has 0 aliphatic heterocycles. The number of amides is 2. The molecule has 20 heavy (non-hydrogen) atoms. The summed E-state index contributed by atoms with van der Waals surface area (Å²) in [5, 5.41) is 15.1. The number of hydrogen-bond donors (Lipinski definition) is 3. The Morgan fingerprint density at radius 1 is 1.05 bits per heavy atom. The van der Waals surface area contributed by atoms with Gasteiger partial charge in [-0.15, -0.1) is 0 Å². The van der Waals surface area contributed by atoms with Crippen LogP contribution in [-0.2, 0) is 4.79 Å². The third-order valence-corrected chi connectivity index (χ3v) is 4.15. The van der Waals surface area contributed by atoms with Crippen LogP contribution in [0, 0.1) is 11.8 Å². The minimum Gasteiger partial charge on any atom is -0.479 e. The molecule has 0 heterocycles. The lowest BCUT2D eigenvalue weighted by atomic mass is 9.87. The SMILES string of the molecule is O=C(Nc1ccccc1)NC(C(=O)O)(C1CC1)C1CC1. The van der Waals surface area contributed by atoms with Crippen LogP contribution in [0.3, 0.4) is 0 Å². The maximum absolute atomic E-state index is 12.1. The first kappa shape index (κ1) is 13.0. The molecule has 0 bridgehead atoms. The Bertz CT molecular complexity index is 509. The van der Waals surface area contributed by atoms with E-state index >= 15 is 0 Å². The number of para-hydroxylation sites is 1. The van der Waals surface area contributed by atoms with Gasteiger partial charge in [0.05, 0.1) is 0 Å². The van der Waals surface area contributed by atoms with Crippen LogP contribution < -0.4 is 10.6 Å². The predicted octanol–water partition coefficient (Wildman–Crippen LogP) is 2.45. The van der Waals surface area contributed by atoms with E-state index in [1.54, 1.807) is 12.1 Å². The number of hydrogen-bond acceptors (Lipinski definition) is 2. The number of carbonyl (C=O) groups is 2. The van der Waals surface area contributed by atoms with E-state index in [1.807, 2.05) is 18.2 Å². The molecule has 1 aromatic carbocycles. The smallest absolute Gasteiger partial charge is 0.330 e. The number of carboxylic acids is 1. The van der Waals surface area contributed by atoms with Crippen molar-refractivity contribution in [2.45, 2.75) is 31.2 Å². The van der Waals surface area contributed by atoms with E-state index in [9.17, 15) is 14.7 Å². The molecular weight excluding hydrogens is 256 g/mol. The van der Waals surface area contributed by atoms with Gasteiger partial charge in [-0.2, -0.15) is 0 Å². The fourth-order valence-electron chi connectivity index (χ4n) is 2.89. The van der Waals surface area contributed by atoms with Crippen molar-refractivity contribution in [2.24, 2.45) is 11.8 Å². The number of carboxylic acid groups (broad SMARTS) is 1. The van der Waals surface area contributed by atoms with Crippen molar-refractivity contribution in [3.8, 4) is 0 Å². The molecule has 2 amide bonds. The van der Waals surface area contributed by atoms with Gasteiger partial charge in [0, 0.05) is 5.69 Å². The van der Waals surface area contributed by atoms with E-state index in [0.717, 1.165) is 25.7 Å². The van der Waals surface area contributed by atoms with Crippen molar-refractivity contribution >= 4 is 17.7 Å². The first-order chi connectivity index (χ1) is 9.63. The van der Waals surface area contributed by atoms with Gasteiger partial charge in [0.15, 0.2) is 0 Å². The van der Waals surface area contributed by atoms with Gasteiger partial charge in [0.2, 0.25) is 0 Å². The molecule has 0 atom stereocenters. The monoisotopic (exact) mass is 274 g/mol. The maximum atomic E-state index is 12.1. The van der Waals surface area contributed by atoms with Gasteiger partial charge in [-0.05, 0) is 49.7 Å². The van der Waals surface area contributed by atoms with E-state index in [4.69, 9.17) is 0 Å².